The van der Waals surface area contributed by atoms with E-state index in [1.54, 1.807) is 6.20 Å². The molecule has 6 nitrogen and oxygen atoms in total. The van der Waals surface area contributed by atoms with Gasteiger partial charge in [0, 0.05) is 12.6 Å². The number of nitrogens with one attached hydrogen (secondary N) is 1. The lowest BCUT2D eigenvalue weighted by molar-refractivity contribution is 0.0690. The van der Waals surface area contributed by atoms with Crippen molar-refractivity contribution in [2.24, 2.45) is 0 Å². The molecule has 1 aromatic rings. The van der Waals surface area contributed by atoms with Crippen LogP contribution in [0.1, 0.15) is 23.3 Å². The number of piperidine rings is 1. The molecular formula is C11H16N4O2. The Hall–Kier alpha value is -1.69. The fourth-order valence-electron chi connectivity index (χ4n) is 2.03. The van der Waals surface area contributed by atoms with Gasteiger partial charge in [-0.25, -0.2) is 9.78 Å². The SMILES string of the molecule is CN1CCCC(Nc2cncc(C(=O)O)n2)C1. The number of carboxylic acid groups (broad SMARTS) is 1. The molecule has 1 aliphatic rings. The van der Waals surface area contributed by atoms with Crippen LogP contribution in [0.5, 0.6) is 0 Å². The molecule has 0 spiro atoms. The Morgan fingerprint density at radius 3 is 3.12 bits per heavy atom. The number of carbonyl (C=O) groups is 1. The minimum absolute atomic E-state index is 0.0286. The molecule has 92 valence electrons. The normalized spacial score (nSPS) is 21.1. The molecule has 0 bridgehead atoms. The zero-order valence-electron chi connectivity index (χ0n) is 9.76. The fourth-order valence-corrected chi connectivity index (χ4v) is 2.03. The molecule has 0 saturated carbocycles. The summed E-state index contributed by atoms with van der Waals surface area (Å²) in [5.41, 5.74) is -0.0286. The van der Waals surface area contributed by atoms with E-state index in [4.69, 9.17) is 5.11 Å². The zero-order valence-corrected chi connectivity index (χ0v) is 9.76. The molecule has 0 aromatic carbocycles. The van der Waals surface area contributed by atoms with Crippen LogP contribution in [0.3, 0.4) is 0 Å². The summed E-state index contributed by atoms with van der Waals surface area (Å²) >= 11 is 0. The van der Waals surface area contributed by atoms with Crippen molar-refractivity contribution in [3.63, 3.8) is 0 Å². The van der Waals surface area contributed by atoms with Crippen molar-refractivity contribution < 1.29 is 9.90 Å². The molecule has 2 heterocycles. The summed E-state index contributed by atoms with van der Waals surface area (Å²) < 4.78 is 0. The molecule has 0 radical (unpaired) electrons. The van der Waals surface area contributed by atoms with Gasteiger partial charge in [0.2, 0.25) is 0 Å². The number of likely N-dealkylation sites (tertiary alicyclic amines) is 1. The van der Waals surface area contributed by atoms with E-state index in [9.17, 15) is 4.79 Å². The lowest BCUT2D eigenvalue weighted by atomic mass is 10.1. The fraction of sp³-hybridized carbons (Fsp3) is 0.545. The average Bonchev–Trinajstić information content (AvgIpc) is 2.29. The molecule has 1 aliphatic heterocycles. The topological polar surface area (TPSA) is 78.4 Å². The Morgan fingerprint density at radius 1 is 1.59 bits per heavy atom. The van der Waals surface area contributed by atoms with E-state index in [1.165, 1.54) is 6.20 Å². The van der Waals surface area contributed by atoms with Crippen molar-refractivity contribution in [1.29, 1.82) is 0 Å². The van der Waals surface area contributed by atoms with Crippen LogP contribution in [0.2, 0.25) is 0 Å². The molecule has 1 fully saturated rings. The van der Waals surface area contributed by atoms with Crippen molar-refractivity contribution in [3.8, 4) is 0 Å². The van der Waals surface area contributed by atoms with E-state index in [2.05, 4.69) is 27.2 Å². The maximum absolute atomic E-state index is 10.8. The maximum Gasteiger partial charge on any atom is 0.356 e. The largest absolute Gasteiger partial charge is 0.476 e. The number of hydrogen-bond acceptors (Lipinski definition) is 5. The van der Waals surface area contributed by atoms with E-state index in [0.29, 0.717) is 11.9 Å². The predicted octanol–water partition coefficient (Wildman–Crippen LogP) is 0.681. The molecule has 0 amide bonds. The zero-order chi connectivity index (χ0) is 12.3. The maximum atomic E-state index is 10.8. The second-order valence-electron chi connectivity index (χ2n) is 4.34. The quantitative estimate of drug-likeness (QED) is 0.803. The summed E-state index contributed by atoms with van der Waals surface area (Å²) in [6.45, 7) is 2.05. The van der Waals surface area contributed by atoms with Gasteiger partial charge in [0.25, 0.3) is 0 Å². The summed E-state index contributed by atoms with van der Waals surface area (Å²) in [7, 11) is 2.08. The van der Waals surface area contributed by atoms with Crippen LogP contribution in [0.25, 0.3) is 0 Å². The van der Waals surface area contributed by atoms with Gasteiger partial charge in [-0.05, 0) is 26.4 Å². The van der Waals surface area contributed by atoms with Crippen LogP contribution in [-0.2, 0) is 0 Å². The van der Waals surface area contributed by atoms with Gasteiger partial charge in [0.05, 0.1) is 12.4 Å². The molecule has 2 N–H and O–H groups in total. The second kappa shape index (κ2) is 5.09. The van der Waals surface area contributed by atoms with Gasteiger partial charge in [-0.3, -0.25) is 4.98 Å². The first-order valence-corrected chi connectivity index (χ1v) is 5.65. The molecule has 1 unspecified atom stereocenters. The van der Waals surface area contributed by atoms with Crippen LogP contribution >= 0.6 is 0 Å². The Bertz CT molecular complexity index is 410. The number of carboxylic acids is 1. The van der Waals surface area contributed by atoms with Crippen molar-refractivity contribution >= 4 is 11.8 Å². The van der Waals surface area contributed by atoms with Crippen molar-refractivity contribution in [2.45, 2.75) is 18.9 Å². The summed E-state index contributed by atoms with van der Waals surface area (Å²) in [6.07, 6.45) is 5.02. The molecule has 1 saturated heterocycles. The molecule has 17 heavy (non-hydrogen) atoms. The van der Waals surface area contributed by atoms with Crippen LogP contribution in [0, 0.1) is 0 Å². The lowest BCUT2D eigenvalue weighted by Crippen LogP contribution is -2.40. The number of likely N-dealkylation sites (N-methyl/N-ethyl adjacent to an activating group) is 1. The van der Waals surface area contributed by atoms with Gasteiger partial charge >= 0.3 is 5.97 Å². The summed E-state index contributed by atoms with van der Waals surface area (Å²) in [5, 5.41) is 12.0. The molecule has 6 heteroatoms. The molecule has 2 rings (SSSR count). The van der Waals surface area contributed by atoms with E-state index in [1.807, 2.05) is 0 Å². The standard InChI is InChI=1S/C11H16N4O2/c1-15-4-2-3-8(7-15)13-10-6-12-5-9(14-10)11(16)17/h5-6,8H,2-4,7H2,1H3,(H,13,14)(H,16,17). The Morgan fingerprint density at radius 2 is 2.41 bits per heavy atom. The van der Waals surface area contributed by atoms with Gasteiger partial charge < -0.3 is 15.3 Å². The number of rotatable bonds is 3. The van der Waals surface area contributed by atoms with Crippen LogP contribution in [0.4, 0.5) is 5.82 Å². The summed E-state index contributed by atoms with van der Waals surface area (Å²) in [5.74, 6) is -0.521. The van der Waals surface area contributed by atoms with Crippen molar-refractivity contribution in [2.75, 3.05) is 25.5 Å². The number of aromatic nitrogens is 2. The predicted molar refractivity (Wildman–Crippen MR) is 63.1 cm³/mol. The van der Waals surface area contributed by atoms with Gasteiger partial charge in [-0.15, -0.1) is 0 Å². The Labute approximate surface area is 99.7 Å². The second-order valence-corrected chi connectivity index (χ2v) is 4.34. The van der Waals surface area contributed by atoms with Crippen molar-refractivity contribution in [3.05, 3.63) is 18.1 Å². The number of nitrogens with zero attached hydrogens (tertiary/aromatic N) is 3. The highest BCUT2D eigenvalue weighted by molar-refractivity contribution is 5.85. The number of anilines is 1. The monoisotopic (exact) mass is 236 g/mol. The molecule has 1 aromatic heterocycles. The Balaban J connectivity index is 2.02. The number of hydrogen-bond donors (Lipinski definition) is 2. The van der Waals surface area contributed by atoms with Gasteiger partial charge in [0.15, 0.2) is 5.69 Å². The third-order valence-electron chi connectivity index (χ3n) is 2.83. The minimum atomic E-state index is -1.05. The van der Waals surface area contributed by atoms with Gasteiger partial charge in [-0.2, -0.15) is 0 Å². The summed E-state index contributed by atoms with van der Waals surface area (Å²) in [4.78, 5) is 20.9. The van der Waals surface area contributed by atoms with Gasteiger partial charge in [-0.1, -0.05) is 0 Å². The third-order valence-corrected chi connectivity index (χ3v) is 2.83. The smallest absolute Gasteiger partial charge is 0.356 e. The van der Waals surface area contributed by atoms with E-state index in [-0.39, 0.29) is 5.69 Å². The minimum Gasteiger partial charge on any atom is -0.476 e. The highest BCUT2D eigenvalue weighted by atomic mass is 16.4. The van der Waals surface area contributed by atoms with E-state index < -0.39 is 5.97 Å². The summed E-state index contributed by atoms with van der Waals surface area (Å²) in [6, 6.07) is 0.312. The first-order chi connectivity index (χ1) is 8.15. The lowest BCUT2D eigenvalue weighted by Gasteiger charge is -2.30. The first-order valence-electron chi connectivity index (χ1n) is 5.65. The van der Waals surface area contributed by atoms with Crippen LogP contribution in [0.15, 0.2) is 12.4 Å². The van der Waals surface area contributed by atoms with Crippen LogP contribution in [-0.4, -0.2) is 52.1 Å². The number of aromatic carboxylic acids is 1. The van der Waals surface area contributed by atoms with Crippen LogP contribution < -0.4 is 5.32 Å². The molecular weight excluding hydrogens is 220 g/mol. The molecule has 0 aliphatic carbocycles. The average molecular weight is 236 g/mol. The highest BCUT2D eigenvalue weighted by Crippen LogP contribution is 2.13. The molecule has 1 atom stereocenters. The Kier molecular flexibility index (Phi) is 3.53. The van der Waals surface area contributed by atoms with Crippen molar-refractivity contribution in [1.82, 2.24) is 14.9 Å². The van der Waals surface area contributed by atoms with E-state index in [0.717, 1.165) is 25.9 Å². The van der Waals surface area contributed by atoms with Gasteiger partial charge in [0.1, 0.15) is 5.82 Å². The van der Waals surface area contributed by atoms with E-state index >= 15 is 0 Å². The highest BCUT2D eigenvalue weighted by Gasteiger charge is 2.17. The third kappa shape index (κ3) is 3.13. The first kappa shape index (κ1) is 11.8.